The van der Waals surface area contributed by atoms with Crippen LogP contribution in [0.25, 0.3) is 0 Å². The first-order valence-corrected chi connectivity index (χ1v) is 6.86. The van der Waals surface area contributed by atoms with Crippen LogP contribution in [-0.2, 0) is 6.61 Å². The first kappa shape index (κ1) is 13.1. The summed E-state index contributed by atoms with van der Waals surface area (Å²) in [5.74, 6) is 1.48. The van der Waals surface area contributed by atoms with Gasteiger partial charge in [-0.2, -0.15) is 0 Å². The van der Waals surface area contributed by atoms with Crippen molar-refractivity contribution in [3.63, 3.8) is 0 Å². The van der Waals surface area contributed by atoms with E-state index < -0.39 is 0 Å². The summed E-state index contributed by atoms with van der Waals surface area (Å²) >= 11 is 5.80. The van der Waals surface area contributed by atoms with Crippen molar-refractivity contribution >= 4 is 17.5 Å². The van der Waals surface area contributed by atoms with E-state index >= 15 is 0 Å². The first-order valence-electron chi connectivity index (χ1n) is 6.48. The Bertz CT molecular complexity index is 602. The average Bonchev–Trinajstić information content (AvgIpc) is 3.13. The van der Waals surface area contributed by atoms with Gasteiger partial charge in [0.2, 0.25) is 0 Å². The van der Waals surface area contributed by atoms with Gasteiger partial charge in [0.15, 0.2) is 5.76 Å². The van der Waals surface area contributed by atoms with Gasteiger partial charge in [0.05, 0.1) is 0 Å². The lowest BCUT2D eigenvalue weighted by Crippen LogP contribution is -2.24. The fourth-order valence-electron chi connectivity index (χ4n) is 1.75. The van der Waals surface area contributed by atoms with Crippen molar-refractivity contribution in [2.24, 2.45) is 0 Å². The number of hydrogen-bond acceptors (Lipinski definition) is 3. The van der Waals surface area contributed by atoms with Crippen molar-refractivity contribution in [2.45, 2.75) is 25.5 Å². The third kappa shape index (κ3) is 3.33. The Morgan fingerprint density at radius 2 is 2.00 bits per heavy atom. The Kier molecular flexibility index (Phi) is 3.65. The molecule has 3 rings (SSSR count). The zero-order chi connectivity index (χ0) is 13.9. The van der Waals surface area contributed by atoms with E-state index in [1.807, 2.05) is 0 Å². The van der Waals surface area contributed by atoms with Crippen molar-refractivity contribution in [2.75, 3.05) is 0 Å². The lowest BCUT2D eigenvalue weighted by Gasteiger charge is -2.04. The Hall–Kier alpha value is -1.94. The summed E-state index contributed by atoms with van der Waals surface area (Å²) in [5, 5.41) is 3.54. The third-order valence-corrected chi connectivity index (χ3v) is 3.24. The lowest BCUT2D eigenvalue weighted by molar-refractivity contribution is 0.0919. The predicted molar refractivity (Wildman–Crippen MR) is 75.0 cm³/mol. The van der Waals surface area contributed by atoms with Crippen LogP contribution in [0, 0.1) is 0 Å². The summed E-state index contributed by atoms with van der Waals surface area (Å²) in [7, 11) is 0. The number of carbonyl (C=O) groups is 1. The number of rotatable bonds is 5. The van der Waals surface area contributed by atoms with Crippen LogP contribution >= 0.6 is 11.6 Å². The molecule has 0 bridgehead atoms. The second-order valence-electron chi connectivity index (χ2n) is 4.76. The van der Waals surface area contributed by atoms with Gasteiger partial charge in [-0.25, -0.2) is 0 Å². The summed E-state index contributed by atoms with van der Waals surface area (Å²) < 4.78 is 11.0. The molecule has 0 aliphatic heterocycles. The molecule has 2 aromatic rings. The molecule has 20 heavy (non-hydrogen) atoms. The van der Waals surface area contributed by atoms with Crippen molar-refractivity contribution in [1.29, 1.82) is 0 Å². The Balaban J connectivity index is 1.56. The van der Waals surface area contributed by atoms with Gasteiger partial charge in [0.25, 0.3) is 5.91 Å². The van der Waals surface area contributed by atoms with E-state index in [1.165, 1.54) is 0 Å². The molecule has 1 saturated carbocycles. The van der Waals surface area contributed by atoms with Crippen molar-refractivity contribution in [3.05, 3.63) is 52.9 Å². The van der Waals surface area contributed by atoms with E-state index in [2.05, 4.69) is 5.32 Å². The minimum atomic E-state index is -0.162. The van der Waals surface area contributed by atoms with E-state index in [9.17, 15) is 4.79 Å². The Morgan fingerprint density at radius 3 is 2.70 bits per heavy atom. The second-order valence-corrected chi connectivity index (χ2v) is 5.19. The molecule has 4 nitrogen and oxygen atoms in total. The molecule has 1 amide bonds. The van der Waals surface area contributed by atoms with Crippen LogP contribution in [0.5, 0.6) is 5.75 Å². The maximum atomic E-state index is 11.8. The summed E-state index contributed by atoms with van der Waals surface area (Å²) in [6, 6.07) is 10.8. The van der Waals surface area contributed by atoms with E-state index in [0.29, 0.717) is 28.3 Å². The van der Waals surface area contributed by atoms with E-state index in [0.717, 1.165) is 12.8 Å². The summed E-state index contributed by atoms with van der Waals surface area (Å²) in [6.07, 6.45) is 2.11. The Morgan fingerprint density at radius 1 is 1.25 bits per heavy atom. The molecular weight excluding hydrogens is 278 g/mol. The highest BCUT2D eigenvalue weighted by atomic mass is 35.5. The number of nitrogens with one attached hydrogen (secondary N) is 1. The van der Waals surface area contributed by atoms with Crippen LogP contribution in [0.4, 0.5) is 0 Å². The summed E-state index contributed by atoms with van der Waals surface area (Å²) in [6.45, 7) is 0.276. The first-order chi connectivity index (χ1) is 9.70. The minimum absolute atomic E-state index is 0.162. The second kappa shape index (κ2) is 5.59. The molecule has 104 valence electrons. The monoisotopic (exact) mass is 291 g/mol. The fourth-order valence-corrected chi connectivity index (χ4v) is 1.87. The van der Waals surface area contributed by atoms with Gasteiger partial charge >= 0.3 is 0 Å². The van der Waals surface area contributed by atoms with Crippen molar-refractivity contribution in [1.82, 2.24) is 5.32 Å². The SMILES string of the molecule is O=C(NC1CC1)c1ccc(COc2ccc(Cl)cc2)o1. The van der Waals surface area contributed by atoms with Gasteiger partial charge in [-0.1, -0.05) is 11.6 Å². The molecule has 1 aromatic carbocycles. The van der Waals surface area contributed by atoms with Crippen molar-refractivity contribution in [3.8, 4) is 5.75 Å². The van der Waals surface area contributed by atoms with E-state index in [-0.39, 0.29) is 12.5 Å². The molecule has 1 aromatic heterocycles. The highest BCUT2D eigenvalue weighted by molar-refractivity contribution is 6.30. The number of ether oxygens (including phenoxy) is 1. The highest BCUT2D eigenvalue weighted by Gasteiger charge is 2.25. The zero-order valence-corrected chi connectivity index (χ0v) is 11.5. The molecule has 0 radical (unpaired) electrons. The molecule has 1 fully saturated rings. The fraction of sp³-hybridized carbons (Fsp3) is 0.267. The number of amides is 1. The number of halogens is 1. The molecular formula is C15H14ClNO3. The largest absolute Gasteiger partial charge is 0.486 e. The lowest BCUT2D eigenvalue weighted by atomic mass is 10.3. The number of hydrogen-bond donors (Lipinski definition) is 1. The molecule has 0 atom stereocenters. The van der Waals surface area contributed by atoms with Crippen LogP contribution in [0.15, 0.2) is 40.8 Å². The summed E-state index contributed by atoms with van der Waals surface area (Å²) in [4.78, 5) is 11.8. The number of furan rings is 1. The maximum Gasteiger partial charge on any atom is 0.287 e. The average molecular weight is 292 g/mol. The van der Waals surface area contributed by atoms with Crippen LogP contribution in [0.2, 0.25) is 5.02 Å². The summed E-state index contributed by atoms with van der Waals surface area (Å²) in [5.41, 5.74) is 0. The van der Waals surface area contributed by atoms with Gasteiger partial charge in [-0.3, -0.25) is 4.79 Å². The van der Waals surface area contributed by atoms with Gasteiger partial charge in [0.1, 0.15) is 18.1 Å². The zero-order valence-electron chi connectivity index (χ0n) is 10.8. The Labute approximate surface area is 121 Å². The molecule has 0 spiro atoms. The van der Waals surface area contributed by atoms with E-state index in [4.69, 9.17) is 20.8 Å². The maximum absolute atomic E-state index is 11.8. The van der Waals surface area contributed by atoms with Crippen LogP contribution in [0.3, 0.4) is 0 Å². The predicted octanol–water partition coefficient (Wildman–Crippen LogP) is 3.40. The number of carbonyl (C=O) groups excluding carboxylic acids is 1. The smallest absolute Gasteiger partial charge is 0.287 e. The molecule has 1 aliphatic rings. The molecule has 1 N–H and O–H groups in total. The van der Waals surface area contributed by atoms with Gasteiger partial charge in [-0.15, -0.1) is 0 Å². The quantitative estimate of drug-likeness (QED) is 0.918. The van der Waals surface area contributed by atoms with Gasteiger partial charge in [-0.05, 0) is 49.2 Å². The van der Waals surface area contributed by atoms with E-state index in [1.54, 1.807) is 36.4 Å². The number of benzene rings is 1. The molecule has 0 saturated heterocycles. The van der Waals surface area contributed by atoms with Crippen molar-refractivity contribution < 1.29 is 13.9 Å². The highest BCUT2D eigenvalue weighted by Crippen LogP contribution is 2.20. The van der Waals surface area contributed by atoms with Gasteiger partial charge in [0, 0.05) is 11.1 Å². The minimum Gasteiger partial charge on any atom is -0.486 e. The van der Waals surface area contributed by atoms with Crippen LogP contribution < -0.4 is 10.1 Å². The van der Waals surface area contributed by atoms with Crippen LogP contribution in [0.1, 0.15) is 29.2 Å². The third-order valence-electron chi connectivity index (χ3n) is 2.99. The van der Waals surface area contributed by atoms with Gasteiger partial charge < -0.3 is 14.5 Å². The standard InChI is InChI=1S/C15H14ClNO3/c16-10-1-5-12(6-2-10)19-9-13-7-8-14(20-13)15(18)17-11-3-4-11/h1-2,5-8,11H,3-4,9H2,(H,17,18). The normalized spacial score (nSPS) is 14.1. The molecule has 5 heteroatoms. The molecule has 1 heterocycles. The molecule has 1 aliphatic carbocycles. The topological polar surface area (TPSA) is 51.5 Å². The molecule has 0 unspecified atom stereocenters. The van der Waals surface area contributed by atoms with Crippen LogP contribution in [-0.4, -0.2) is 11.9 Å².